The zero-order chi connectivity index (χ0) is 15.0. The van der Waals surface area contributed by atoms with Gasteiger partial charge in [-0.2, -0.15) is 0 Å². The van der Waals surface area contributed by atoms with Crippen molar-refractivity contribution in [3.63, 3.8) is 0 Å². The maximum Gasteiger partial charge on any atom is 0.407 e. The average Bonchev–Trinajstić information content (AvgIpc) is 2.44. The molecule has 20 heavy (non-hydrogen) atoms. The van der Waals surface area contributed by atoms with E-state index < -0.39 is 6.09 Å². The highest BCUT2D eigenvalue weighted by Crippen LogP contribution is 2.21. The number of carbonyl (C=O) groups excluding carboxylic acids is 2. The molecule has 1 aliphatic heterocycles. The number of nitrogens with two attached hydrogens (primary N) is 1. The van der Waals surface area contributed by atoms with Gasteiger partial charge in [-0.15, -0.1) is 0 Å². The fraction of sp³-hybridized carbons (Fsp3) is 0.846. The molecule has 2 atom stereocenters. The van der Waals surface area contributed by atoms with Crippen molar-refractivity contribution in [2.45, 2.75) is 25.3 Å². The van der Waals surface area contributed by atoms with Gasteiger partial charge in [0, 0.05) is 38.6 Å². The van der Waals surface area contributed by atoms with E-state index in [4.69, 9.17) is 5.73 Å². The van der Waals surface area contributed by atoms with Crippen LogP contribution in [0, 0.1) is 5.92 Å². The molecule has 7 heteroatoms. The Kier molecular flexibility index (Phi) is 7.32. The van der Waals surface area contributed by atoms with Gasteiger partial charge in [0.1, 0.15) is 0 Å². The number of likely N-dealkylation sites (tertiary alicyclic amines) is 1. The molecule has 2 unspecified atom stereocenters. The van der Waals surface area contributed by atoms with Crippen LogP contribution >= 0.6 is 0 Å². The minimum atomic E-state index is -0.420. The van der Waals surface area contributed by atoms with Crippen LogP contribution in [0.25, 0.3) is 0 Å². The van der Waals surface area contributed by atoms with Gasteiger partial charge in [0.25, 0.3) is 0 Å². The normalized spacial score (nSPS) is 23.1. The van der Waals surface area contributed by atoms with Crippen molar-refractivity contribution >= 4 is 12.1 Å². The first-order chi connectivity index (χ1) is 9.58. The van der Waals surface area contributed by atoms with Gasteiger partial charge in [-0.1, -0.05) is 0 Å². The molecule has 1 fully saturated rings. The van der Waals surface area contributed by atoms with Gasteiger partial charge in [0.05, 0.1) is 14.2 Å². The van der Waals surface area contributed by atoms with E-state index in [1.807, 2.05) is 0 Å². The lowest BCUT2D eigenvalue weighted by Gasteiger charge is -2.37. The number of ether oxygens (including phenoxy) is 2. The Balaban J connectivity index is 2.51. The Morgan fingerprint density at radius 3 is 2.65 bits per heavy atom. The van der Waals surface area contributed by atoms with E-state index in [1.54, 1.807) is 0 Å². The third kappa shape index (κ3) is 5.75. The minimum absolute atomic E-state index is 0.0328. The van der Waals surface area contributed by atoms with E-state index >= 15 is 0 Å². The molecule has 0 aromatic heterocycles. The second kappa shape index (κ2) is 8.76. The van der Waals surface area contributed by atoms with E-state index in [0.29, 0.717) is 18.9 Å². The molecule has 0 aromatic carbocycles. The van der Waals surface area contributed by atoms with Crippen molar-refractivity contribution in [2.75, 3.05) is 40.4 Å². The molecular weight excluding hydrogens is 262 g/mol. The van der Waals surface area contributed by atoms with Crippen molar-refractivity contribution in [3.05, 3.63) is 0 Å². The molecule has 1 aliphatic rings. The predicted molar refractivity (Wildman–Crippen MR) is 74.2 cm³/mol. The third-order valence-corrected chi connectivity index (χ3v) is 3.55. The zero-order valence-corrected chi connectivity index (χ0v) is 12.3. The van der Waals surface area contributed by atoms with E-state index in [-0.39, 0.29) is 12.0 Å². The second-order valence-corrected chi connectivity index (χ2v) is 5.10. The number of amides is 1. The van der Waals surface area contributed by atoms with Crippen molar-refractivity contribution in [1.82, 2.24) is 10.2 Å². The summed E-state index contributed by atoms with van der Waals surface area (Å²) in [6, 6.07) is 0.0328. The summed E-state index contributed by atoms with van der Waals surface area (Å²) in [5.74, 6) is 0.148. The van der Waals surface area contributed by atoms with Crippen LogP contribution in [0.4, 0.5) is 4.79 Å². The van der Waals surface area contributed by atoms with Gasteiger partial charge in [-0.3, -0.25) is 9.69 Å². The standard InChI is InChI=1S/C13H25N3O4/c1-19-12(17)4-3-10-7-11(15-13(18)20-2)9-16(8-10)6-5-14/h10-11H,3-9,14H2,1-2H3,(H,15,18). The Labute approximate surface area is 119 Å². The monoisotopic (exact) mass is 287 g/mol. The first kappa shape index (κ1) is 16.7. The van der Waals surface area contributed by atoms with Crippen LogP contribution in [0.5, 0.6) is 0 Å². The fourth-order valence-electron chi connectivity index (χ4n) is 2.63. The molecular formula is C13H25N3O4. The van der Waals surface area contributed by atoms with Crippen molar-refractivity contribution in [3.8, 4) is 0 Å². The number of rotatable bonds is 6. The number of nitrogens with one attached hydrogen (secondary N) is 1. The number of carbonyl (C=O) groups is 2. The Hall–Kier alpha value is -1.34. The summed E-state index contributed by atoms with van der Waals surface area (Å²) in [5, 5.41) is 2.83. The Morgan fingerprint density at radius 1 is 1.30 bits per heavy atom. The molecule has 1 rings (SSSR count). The Bertz CT molecular complexity index is 325. The topological polar surface area (TPSA) is 93.9 Å². The molecule has 0 saturated carbocycles. The summed E-state index contributed by atoms with van der Waals surface area (Å²) in [4.78, 5) is 24.7. The summed E-state index contributed by atoms with van der Waals surface area (Å²) in [6.07, 6.45) is 1.58. The lowest BCUT2D eigenvalue weighted by Crippen LogP contribution is -2.51. The predicted octanol–water partition coefficient (Wildman–Crippen LogP) is -0.0552. The summed E-state index contributed by atoms with van der Waals surface area (Å²) < 4.78 is 9.29. The molecule has 0 radical (unpaired) electrons. The smallest absolute Gasteiger partial charge is 0.407 e. The van der Waals surface area contributed by atoms with Crippen LogP contribution in [0.15, 0.2) is 0 Å². The first-order valence-electron chi connectivity index (χ1n) is 6.92. The molecule has 0 bridgehead atoms. The Morgan fingerprint density at radius 2 is 2.05 bits per heavy atom. The minimum Gasteiger partial charge on any atom is -0.469 e. The number of piperidine rings is 1. The van der Waals surface area contributed by atoms with Gasteiger partial charge in [0.2, 0.25) is 0 Å². The quantitative estimate of drug-likeness (QED) is 0.665. The van der Waals surface area contributed by atoms with Crippen LogP contribution in [-0.4, -0.2) is 63.4 Å². The van der Waals surface area contributed by atoms with E-state index in [1.165, 1.54) is 14.2 Å². The fourth-order valence-corrected chi connectivity index (χ4v) is 2.63. The zero-order valence-electron chi connectivity index (χ0n) is 12.3. The van der Waals surface area contributed by atoms with E-state index in [0.717, 1.165) is 32.5 Å². The van der Waals surface area contributed by atoms with Gasteiger partial charge in [0.15, 0.2) is 0 Å². The van der Waals surface area contributed by atoms with Crippen LogP contribution in [-0.2, 0) is 14.3 Å². The lowest BCUT2D eigenvalue weighted by atomic mass is 9.90. The first-order valence-corrected chi connectivity index (χ1v) is 6.92. The van der Waals surface area contributed by atoms with Crippen LogP contribution < -0.4 is 11.1 Å². The second-order valence-electron chi connectivity index (χ2n) is 5.10. The number of hydrogen-bond acceptors (Lipinski definition) is 6. The molecule has 0 aromatic rings. The van der Waals surface area contributed by atoms with Crippen molar-refractivity contribution in [1.29, 1.82) is 0 Å². The highest BCUT2D eigenvalue weighted by molar-refractivity contribution is 5.69. The number of methoxy groups -OCH3 is 2. The molecule has 1 saturated heterocycles. The van der Waals surface area contributed by atoms with E-state index in [2.05, 4.69) is 19.7 Å². The van der Waals surface area contributed by atoms with Crippen molar-refractivity contribution in [2.24, 2.45) is 11.7 Å². The summed E-state index contributed by atoms with van der Waals surface area (Å²) in [6.45, 7) is 3.03. The van der Waals surface area contributed by atoms with Crippen molar-refractivity contribution < 1.29 is 19.1 Å². The molecule has 3 N–H and O–H groups in total. The third-order valence-electron chi connectivity index (χ3n) is 3.55. The van der Waals surface area contributed by atoms with Gasteiger partial charge in [-0.05, 0) is 18.8 Å². The molecule has 7 nitrogen and oxygen atoms in total. The molecule has 1 heterocycles. The van der Waals surface area contributed by atoms with Crippen LogP contribution in [0.1, 0.15) is 19.3 Å². The molecule has 116 valence electrons. The van der Waals surface area contributed by atoms with E-state index in [9.17, 15) is 9.59 Å². The maximum absolute atomic E-state index is 11.3. The number of alkyl carbamates (subject to hydrolysis) is 1. The van der Waals surface area contributed by atoms with Crippen LogP contribution in [0.3, 0.4) is 0 Å². The highest BCUT2D eigenvalue weighted by atomic mass is 16.5. The summed E-state index contributed by atoms with van der Waals surface area (Å²) in [5.41, 5.74) is 5.59. The highest BCUT2D eigenvalue weighted by Gasteiger charge is 2.28. The summed E-state index contributed by atoms with van der Waals surface area (Å²) >= 11 is 0. The lowest BCUT2D eigenvalue weighted by molar-refractivity contribution is -0.141. The number of nitrogens with zero attached hydrogens (tertiary/aromatic N) is 1. The number of hydrogen-bond donors (Lipinski definition) is 2. The largest absolute Gasteiger partial charge is 0.469 e. The SMILES string of the molecule is COC(=O)CCC1CC(NC(=O)OC)CN(CCN)C1. The molecule has 0 spiro atoms. The molecule has 0 aliphatic carbocycles. The number of esters is 1. The van der Waals surface area contributed by atoms with Gasteiger partial charge < -0.3 is 20.5 Å². The van der Waals surface area contributed by atoms with Gasteiger partial charge in [-0.25, -0.2) is 4.79 Å². The maximum atomic E-state index is 11.3. The summed E-state index contributed by atoms with van der Waals surface area (Å²) in [7, 11) is 2.75. The van der Waals surface area contributed by atoms with Gasteiger partial charge >= 0.3 is 12.1 Å². The van der Waals surface area contributed by atoms with Crippen LogP contribution in [0.2, 0.25) is 0 Å². The molecule has 1 amide bonds. The average molecular weight is 287 g/mol.